The molecule has 3 N–H and O–H groups in total. The molecule has 0 aromatic heterocycles. The average molecular weight is 168 g/mol. The molecule has 1 atom stereocenters. The summed E-state index contributed by atoms with van der Waals surface area (Å²) < 4.78 is 20.0. The Kier molecular flexibility index (Phi) is 5.74. The SMILES string of the molecule is CN(CCCON)S(=O)O. The zero-order valence-electron chi connectivity index (χ0n) is 5.82. The second kappa shape index (κ2) is 5.75. The summed E-state index contributed by atoms with van der Waals surface area (Å²) in [6.07, 6.45) is 0.652. The van der Waals surface area contributed by atoms with Crippen LogP contribution in [0.3, 0.4) is 0 Å². The van der Waals surface area contributed by atoms with Crippen LogP contribution in [0, 0.1) is 0 Å². The molecule has 6 heteroatoms. The molecule has 0 saturated heterocycles. The zero-order valence-corrected chi connectivity index (χ0v) is 6.63. The number of hydrogen-bond acceptors (Lipinski definition) is 3. The first-order valence-electron chi connectivity index (χ1n) is 2.82. The van der Waals surface area contributed by atoms with E-state index in [1.807, 2.05) is 0 Å². The van der Waals surface area contributed by atoms with Gasteiger partial charge in [0.25, 0.3) is 0 Å². The van der Waals surface area contributed by atoms with Crippen molar-refractivity contribution in [2.75, 3.05) is 20.2 Å². The summed E-state index contributed by atoms with van der Waals surface area (Å²) in [5.74, 6) is 4.73. The summed E-state index contributed by atoms with van der Waals surface area (Å²) in [5, 5.41) is 0. The van der Waals surface area contributed by atoms with Gasteiger partial charge in [0.2, 0.25) is 11.3 Å². The summed E-state index contributed by atoms with van der Waals surface area (Å²) >= 11 is -1.88. The minimum Gasteiger partial charge on any atom is -0.305 e. The van der Waals surface area contributed by atoms with Gasteiger partial charge in [-0.05, 0) is 6.42 Å². The predicted molar refractivity (Wildman–Crippen MR) is 38.2 cm³/mol. The lowest BCUT2D eigenvalue weighted by molar-refractivity contribution is 0.132. The molecule has 0 fully saturated rings. The van der Waals surface area contributed by atoms with Crippen LogP contribution in [0.25, 0.3) is 0 Å². The van der Waals surface area contributed by atoms with Crippen LogP contribution in [-0.2, 0) is 16.1 Å². The molecule has 62 valence electrons. The zero-order chi connectivity index (χ0) is 7.98. The minimum absolute atomic E-state index is 0.404. The second-order valence-corrected chi connectivity index (χ2v) is 2.89. The third kappa shape index (κ3) is 4.83. The van der Waals surface area contributed by atoms with Crippen molar-refractivity contribution in [2.45, 2.75) is 6.42 Å². The lowest BCUT2D eigenvalue weighted by Gasteiger charge is -2.09. The van der Waals surface area contributed by atoms with Gasteiger partial charge in [0.05, 0.1) is 6.61 Å². The smallest absolute Gasteiger partial charge is 0.234 e. The van der Waals surface area contributed by atoms with Gasteiger partial charge in [-0.1, -0.05) is 0 Å². The highest BCUT2D eigenvalue weighted by atomic mass is 32.2. The minimum atomic E-state index is -1.88. The van der Waals surface area contributed by atoms with Gasteiger partial charge in [0, 0.05) is 13.6 Å². The Morgan fingerprint density at radius 3 is 2.80 bits per heavy atom. The first-order valence-corrected chi connectivity index (χ1v) is 3.88. The van der Waals surface area contributed by atoms with Gasteiger partial charge in [-0.2, -0.15) is 0 Å². The van der Waals surface area contributed by atoms with E-state index in [1.54, 1.807) is 7.05 Å². The van der Waals surface area contributed by atoms with E-state index in [0.29, 0.717) is 19.6 Å². The first kappa shape index (κ1) is 9.99. The molecular formula is C4H12N2O3S. The van der Waals surface area contributed by atoms with Crippen molar-refractivity contribution in [1.29, 1.82) is 0 Å². The van der Waals surface area contributed by atoms with Gasteiger partial charge in [-0.3, -0.25) is 4.55 Å². The van der Waals surface area contributed by atoms with E-state index in [2.05, 4.69) is 4.84 Å². The summed E-state index contributed by atoms with van der Waals surface area (Å²) in [6, 6.07) is 0. The predicted octanol–water partition coefficient (Wildman–Crippen LogP) is -0.665. The van der Waals surface area contributed by atoms with Crippen molar-refractivity contribution < 1.29 is 13.6 Å². The highest BCUT2D eigenvalue weighted by Crippen LogP contribution is 1.89. The summed E-state index contributed by atoms with van der Waals surface area (Å²) in [4.78, 5) is 4.26. The van der Waals surface area contributed by atoms with Crippen LogP contribution in [0.2, 0.25) is 0 Å². The van der Waals surface area contributed by atoms with Gasteiger partial charge in [-0.25, -0.2) is 14.4 Å². The maximum Gasteiger partial charge on any atom is 0.234 e. The number of nitrogens with zero attached hydrogens (tertiary/aromatic N) is 1. The third-order valence-corrected chi connectivity index (χ3v) is 1.72. The molecule has 5 nitrogen and oxygen atoms in total. The van der Waals surface area contributed by atoms with E-state index in [0.717, 1.165) is 0 Å². The van der Waals surface area contributed by atoms with E-state index in [9.17, 15) is 4.21 Å². The van der Waals surface area contributed by atoms with Gasteiger partial charge in [0.15, 0.2) is 0 Å². The molecule has 0 aromatic rings. The summed E-state index contributed by atoms with van der Waals surface area (Å²) in [5.41, 5.74) is 0. The van der Waals surface area contributed by atoms with Crippen LogP contribution >= 0.6 is 0 Å². The number of rotatable bonds is 5. The van der Waals surface area contributed by atoms with Crippen LogP contribution in [0.1, 0.15) is 6.42 Å². The van der Waals surface area contributed by atoms with Crippen LogP contribution in [-0.4, -0.2) is 33.3 Å². The Morgan fingerprint density at radius 2 is 2.40 bits per heavy atom. The fourth-order valence-corrected chi connectivity index (χ4v) is 0.734. The van der Waals surface area contributed by atoms with Crippen molar-refractivity contribution in [3.8, 4) is 0 Å². The monoisotopic (exact) mass is 168 g/mol. The molecule has 0 aliphatic heterocycles. The van der Waals surface area contributed by atoms with E-state index >= 15 is 0 Å². The number of hydrogen-bond donors (Lipinski definition) is 2. The maximum absolute atomic E-state index is 10.3. The molecule has 0 heterocycles. The molecule has 0 bridgehead atoms. The largest absolute Gasteiger partial charge is 0.305 e. The molecule has 1 unspecified atom stereocenters. The van der Waals surface area contributed by atoms with Crippen molar-refractivity contribution in [2.24, 2.45) is 5.90 Å². The van der Waals surface area contributed by atoms with Crippen molar-refractivity contribution in [1.82, 2.24) is 4.31 Å². The normalized spacial score (nSPS) is 14.0. The van der Waals surface area contributed by atoms with E-state index in [1.165, 1.54) is 4.31 Å². The molecule has 0 rings (SSSR count). The Bertz CT molecular complexity index is 111. The first-order chi connectivity index (χ1) is 4.68. The van der Waals surface area contributed by atoms with Crippen LogP contribution in [0.4, 0.5) is 0 Å². The molecule has 0 radical (unpaired) electrons. The van der Waals surface area contributed by atoms with Crippen LogP contribution in [0.5, 0.6) is 0 Å². The van der Waals surface area contributed by atoms with Gasteiger partial charge >= 0.3 is 0 Å². The molecule has 10 heavy (non-hydrogen) atoms. The van der Waals surface area contributed by atoms with Gasteiger partial charge in [0.1, 0.15) is 0 Å². The second-order valence-electron chi connectivity index (χ2n) is 1.81. The van der Waals surface area contributed by atoms with Crippen LogP contribution < -0.4 is 5.90 Å². The topological polar surface area (TPSA) is 75.8 Å². The fraction of sp³-hybridized carbons (Fsp3) is 1.00. The van der Waals surface area contributed by atoms with Gasteiger partial charge < -0.3 is 4.84 Å². The molecule has 0 aliphatic rings. The van der Waals surface area contributed by atoms with E-state index < -0.39 is 11.3 Å². The summed E-state index contributed by atoms with van der Waals surface area (Å²) in [6.45, 7) is 0.905. The molecule has 0 spiro atoms. The molecule has 0 aliphatic carbocycles. The molecule has 0 aromatic carbocycles. The van der Waals surface area contributed by atoms with Crippen molar-refractivity contribution in [3.63, 3.8) is 0 Å². The highest BCUT2D eigenvalue weighted by molar-refractivity contribution is 7.76. The third-order valence-electron chi connectivity index (χ3n) is 1.00. The quantitative estimate of drug-likeness (QED) is 0.324. The van der Waals surface area contributed by atoms with E-state index in [4.69, 9.17) is 10.4 Å². The lowest BCUT2D eigenvalue weighted by atomic mass is 10.5. The lowest BCUT2D eigenvalue weighted by Crippen LogP contribution is -2.22. The Labute approximate surface area is 62.5 Å². The standard InChI is InChI=1S/C4H12N2O3S/c1-6(10(7)8)3-2-4-9-5/h2-5H2,1H3,(H,7,8). The maximum atomic E-state index is 10.3. The summed E-state index contributed by atoms with van der Waals surface area (Å²) in [7, 11) is 1.55. The van der Waals surface area contributed by atoms with E-state index in [-0.39, 0.29) is 0 Å². The van der Waals surface area contributed by atoms with Crippen molar-refractivity contribution in [3.05, 3.63) is 0 Å². The Morgan fingerprint density at radius 1 is 1.80 bits per heavy atom. The van der Waals surface area contributed by atoms with Crippen LogP contribution in [0.15, 0.2) is 0 Å². The number of nitrogens with two attached hydrogens (primary N) is 1. The Hall–Kier alpha value is -0.0100. The average Bonchev–Trinajstić information content (AvgIpc) is 1.88. The van der Waals surface area contributed by atoms with Gasteiger partial charge in [-0.15, -0.1) is 0 Å². The highest BCUT2D eigenvalue weighted by Gasteiger charge is 2.01. The molecular weight excluding hydrogens is 156 g/mol. The fourth-order valence-electron chi connectivity index (χ4n) is 0.449. The Balaban J connectivity index is 3.21. The molecule has 0 saturated carbocycles. The van der Waals surface area contributed by atoms with Crippen molar-refractivity contribution >= 4 is 11.3 Å². The molecule has 0 amide bonds.